The molecule has 0 unspecified atom stereocenters. The van der Waals surface area contributed by atoms with Gasteiger partial charge in [-0.2, -0.15) is 0 Å². The van der Waals surface area contributed by atoms with Crippen LogP contribution in [-0.2, 0) is 0 Å². The van der Waals surface area contributed by atoms with Crippen molar-refractivity contribution in [2.45, 2.75) is 6.92 Å². The number of benzene rings is 1. The van der Waals surface area contributed by atoms with Crippen molar-refractivity contribution in [3.8, 4) is 17.4 Å². The number of anilines is 1. The summed E-state index contributed by atoms with van der Waals surface area (Å²) < 4.78 is 11.0. The van der Waals surface area contributed by atoms with Crippen LogP contribution >= 0.6 is 0 Å². The summed E-state index contributed by atoms with van der Waals surface area (Å²) in [4.78, 5) is 8.05. The van der Waals surface area contributed by atoms with Gasteiger partial charge >= 0.3 is 0 Å². The van der Waals surface area contributed by atoms with Crippen molar-refractivity contribution in [1.82, 2.24) is 9.97 Å². The lowest BCUT2D eigenvalue weighted by Crippen LogP contribution is -1.95. The molecule has 0 radical (unpaired) electrons. The van der Waals surface area contributed by atoms with Crippen molar-refractivity contribution in [3.63, 3.8) is 0 Å². The van der Waals surface area contributed by atoms with E-state index in [0.29, 0.717) is 24.1 Å². The zero-order chi connectivity index (χ0) is 12.8. The van der Waals surface area contributed by atoms with E-state index in [1.165, 1.54) is 6.33 Å². The summed E-state index contributed by atoms with van der Waals surface area (Å²) in [7, 11) is 1.79. The third-order valence-electron chi connectivity index (χ3n) is 2.26. The number of rotatable bonds is 5. The first-order valence-electron chi connectivity index (χ1n) is 5.72. The highest BCUT2D eigenvalue weighted by Gasteiger charge is 2.01. The minimum Gasteiger partial charge on any atom is -0.494 e. The highest BCUT2D eigenvalue weighted by Crippen LogP contribution is 2.23. The van der Waals surface area contributed by atoms with Crippen LogP contribution in [0.1, 0.15) is 6.92 Å². The molecule has 2 aromatic rings. The zero-order valence-electron chi connectivity index (χ0n) is 10.4. The van der Waals surface area contributed by atoms with E-state index in [1.807, 2.05) is 31.2 Å². The molecule has 5 heteroatoms. The lowest BCUT2D eigenvalue weighted by Gasteiger charge is -2.07. The van der Waals surface area contributed by atoms with Gasteiger partial charge < -0.3 is 14.8 Å². The Morgan fingerprint density at radius 1 is 1.11 bits per heavy atom. The monoisotopic (exact) mass is 245 g/mol. The van der Waals surface area contributed by atoms with Gasteiger partial charge in [-0.1, -0.05) is 0 Å². The van der Waals surface area contributed by atoms with E-state index in [4.69, 9.17) is 9.47 Å². The molecule has 0 aliphatic carbocycles. The van der Waals surface area contributed by atoms with Gasteiger partial charge in [0.2, 0.25) is 5.88 Å². The van der Waals surface area contributed by atoms with E-state index < -0.39 is 0 Å². The molecule has 1 heterocycles. The van der Waals surface area contributed by atoms with Crippen LogP contribution in [0.25, 0.3) is 0 Å². The van der Waals surface area contributed by atoms with Crippen molar-refractivity contribution in [2.24, 2.45) is 0 Å². The number of ether oxygens (including phenoxy) is 2. The normalized spacial score (nSPS) is 9.89. The van der Waals surface area contributed by atoms with E-state index in [9.17, 15) is 0 Å². The summed E-state index contributed by atoms with van der Waals surface area (Å²) in [6.45, 7) is 2.60. The van der Waals surface area contributed by atoms with Gasteiger partial charge in [0.15, 0.2) is 0 Å². The average molecular weight is 245 g/mol. The molecule has 0 bridgehead atoms. The largest absolute Gasteiger partial charge is 0.494 e. The zero-order valence-corrected chi connectivity index (χ0v) is 10.4. The van der Waals surface area contributed by atoms with Crippen LogP contribution in [0.15, 0.2) is 36.7 Å². The molecule has 1 aromatic heterocycles. The summed E-state index contributed by atoms with van der Waals surface area (Å²) in [6, 6.07) is 9.13. The Bertz CT molecular complexity index is 500. The van der Waals surface area contributed by atoms with Crippen molar-refractivity contribution in [1.29, 1.82) is 0 Å². The molecular weight excluding hydrogens is 230 g/mol. The van der Waals surface area contributed by atoms with Gasteiger partial charge in [-0.3, -0.25) is 0 Å². The Kier molecular flexibility index (Phi) is 3.96. The van der Waals surface area contributed by atoms with Gasteiger partial charge in [-0.05, 0) is 31.2 Å². The van der Waals surface area contributed by atoms with Crippen LogP contribution in [0.2, 0.25) is 0 Å². The fourth-order valence-electron chi connectivity index (χ4n) is 1.42. The van der Waals surface area contributed by atoms with Crippen molar-refractivity contribution >= 4 is 5.82 Å². The second-order valence-electron chi connectivity index (χ2n) is 3.50. The quantitative estimate of drug-likeness (QED) is 0.877. The van der Waals surface area contributed by atoms with E-state index in [0.717, 1.165) is 5.75 Å². The minimum absolute atomic E-state index is 0.499. The Hall–Kier alpha value is -2.30. The van der Waals surface area contributed by atoms with Crippen molar-refractivity contribution in [2.75, 3.05) is 19.0 Å². The van der Waals surface area contributed by atoms with Crippen LogP contribution in [-0.4, -0.2) is 23.6 Å². The first-order valence-corrected chi connectivity index (χ1v) is 5.72. The molecule has 0 amide bonds. The fourth-order valence-corrected chi connectivity index (χ4v) is 1.42. The summed E-state index contributed by atoms with van der Waals surface area (Å²) in [6.07, 6.45) is 1.45. The van der Waals surface area contributed by atoms with Gasteiger partial charge in [0.05, 0.1) is 6.61 Å². The third-order valence-corrected chi connectivity index (χ3v) is 2.26. The Morgan fingerprint density at radius 3 is 2.50 bits per heavy atom. The predicted octanol–water partition coefficient (Wildman–Crippen LogP) is 2.71. The maximum Gasteiger partial charge on any atom is 0.224 e. The maximum absolute atomic E-state index is 5.61. The smallest absolute Gasteiger partial charge is 0.224 e. The summed E-state index contributed by atoms with van der Waals surface area (Å²) in [5.41, 5.74) is 0. The molecular formula is C13H15N3O2. The van der Waals surface area contributed by atoms with Crippen LogP contribution in [0, 0.1) is 0 Å². The molecule has 94 valence electrons. The average Bonchev–Trinajstić information content (AvgIpc) is 2.42. The maximum atomic E-state index is 5.61. The molecule has 5 nitrogen and oxygen atoms in total. The fraction of sp³-hybridized carbons (Fsp3) is 0.231. The third kappa shape index (κ3) is 3.10. The predicted molar refractivity (Wildman–Crippen MR) is 69.3 cm³/mol. The lowest BCUT2D eigenvalue weighted by atomic mass is 10.3. The molecule has 0 aliphatic rings. The molecule has 0 atom stereocenters. The number of nitrogens with one attached hydrogen (secondary N) is 1. The van der Waals surface area contributed by atoms with Crippen molar-refractivity contribution in [3.05, 3.63) is 36.7 Å². The molecule has 1 N–H and O–H groups in total. The number of hydrogen-bond acceptors (Lipinski definition) is 5. The SMILES string of the molecule is CCOc1ccc(Oc2cc(NC)ncn2)cc1. The highest BCUT2D eigenvalue weighted by molar-refractivity contribution is 5.39. The van der Waals surface area contributed by atoms with Gasteiger partial charge in [0.1, 0.15) is 23.6 Å². The Balaban J connectivity index is 2.08. The second kappa shape index (κ2) is 5.86. The van der Waals surface area contributed by atoms with Gasteiger partial charge in [0, 0.05) is 13.1 Å². The topological polar surface area (TPSA) is 56.3 Å². The number of nitrogens with zero attached hydrogens (tertiary/aromatic N) is 2. The molecule has 0 aliphatic heterocycles. The van der Waals surface area contributed by atoms with Gasteiger partial charge in [-0.25, -0.2) is 9.97 Å². The lowest BCUT2D eigenvalue weighted by molar-refractivity contribution is 0.339. The van der Waals surface area contributed by atoms with Crippen molar-refractivity contribution < 1.29 is 9.47 Å². The first-order chi connectivity index (χ1) is 8.81. The summed E-state index contributed by atoms with van der Waals surface area (Å²) >= 11 is 0. The van der Waals surface area contributed by atoms with Crippen LogP contribution < -0.4 is 14.8 Å². The molecule has 0 spiro atoms. The first kappa shape index (κ1) is 12.2. The molecule has 0 saturated heterocycles. The summed E-state index contributed by atoms with van der Waals surface area (Å²) in [5.74, 6) is 2.74. The summed E-state index contributed by atoms with van der Waals surface area (Å²) in [5, 5.41) is 2.93. The highest BCUT2D eigenvalue weighted by atomic mass is 16.5. The minimum atomic E-state index is 0.499. The van der Waals surface area contributed by atoms with Crippen LogP contribution in [0.5, 0.6) is 17.4 Å². The van der Waals surface area contributed by atoms with E-state index >= 15 is 0 Å². The van der Waals surface area contributed by atoms with Crippen LogP contribution in [0.4, 0.5) is 5.82 Å². The van der Waals surface area contributed by atoms with Gasteiger partial charge in [0.25, 0.3) is 0 Å². The van der Waals surface area contributed by atoms with Crippen LogP contribution in [0.3, 0.4) is 0 Å². The number of aromatic nitrogens is 2. The van der Waals surface area contributed by atoms with E-state index in [-0.39, 0.29) is 0 Å². The molecule has 1 aromatic carbocycles. The Morgan fingerprint density at radius 2 is 1.83 bits per heavy atom. The standard InChI is InChI=1S/C13H15N3O2/c1-3-17-10-4-6-11(7-5-10)18-13-8-12(14-2)15-9-16-13/h4-9H,3H2,1-2H3,(H,14,15,16). The van der Waals surface area contributed by atoms with E-state index in [1.54, 1.807) is 13.1 Å². The molecule has 0 saturated carbocycles. The van der Waals surface area contributed by atoms with Gasteiger partial charge in [-0.15, -0.1) is 0 Å². The second-order valence-corrected chi connectivity index (χ2v) is 3.50. The number of hydrogen-bond donors (Lipinski definition) is 1. The van der Waals surface area contributed by atoms with E-state index in [2.05, 4.69) is 15.3 Å². The molecule has 2 rings (SSSR count). The molecule has 18 heavy (non-hydrogen) atoms. The molecule has 0 fully saturated rings. The Labute approximate surface area is 106 Å².